The molecule has 0 radical (unpaired) electrons. The van der Waals surface area contributed by atoms with E-state index in [-0.39, 0.29) is 10.4 Å². The normalized spacial score (nSPS) is 10.7. The Balaban J connectivity index is 2.29. The van der Waals surface area contributed by atoms with Gasteiger partial charge in [-0.15, -0.1) is 0 Å². The fourth-order valence-electron chi connectivity index (χ4n) is 1.30. The Bertz CT molecular complexity index is 385. The van der Waals surface area contributed by atoms with Crippen LogP contribution in [0.4, 0.5) is 0 Å². The lowest BCUT2D eigenvalue weighted by molar-refractivity contribution is 1.19. The average Bonchev–Trinajstić information content (AvgIpc) is 2.87. The molecule has 2 aromatic rings. The molecule has 78 valence electrons. The molecule has 2 aromatic heterocycles. The molecule has 0 aromatic carbocycles. The van der Waals surface area contributed by atoms with Crippen LogP contribution in [0.2, 0.25) is 0 Å². The highest BCUT2D eigenvalue weighted by Gasteiger charge is 2.16. The van der Waals surface area contributed by atoms with Gasteiger partial charge in [-0.1, -0.05) is 11.8 Å². The van der Waals surface area contributed by atoms with Gasteiger partial charge >= 0.3 is 0 Å². The first kappa shape index (κ1) is 10.7. The molecule has 2 nitrogen and oxygen atoms in total. The topological polar surface area (TPSA) is 49.9 Å². The van der Waals surface area contributed by atoms with Crippen molar-refractivity contribution in [2.24, 2.45) is 5.73 Å². The van der Waals surface area contributed by atoms with Crippen LogP contribution in [0.1, 0.15) is 16.4 Å². The van der Waals surface area contributed by atoms with E-state index in [1.807, 2.05) is 0 Å². The van der Waals surface area contributed by atoms with Crippen LogP contribution in [0.5, 0.6) is 0 Å². The van der Waals surface area contributed by atoms with Crippen molar-refractivity contribution in [2.75, 3.05) is 0 Å². The fourth-order valence-corrected chi connectivity index (χ4v) is 3.67. The molecule has 3 N–H and O–H groups in total. The van der Waals surface area contributed by atoms with Crippen molar-refractivity contribution >= 4 is 39.6 Å². The van der Waals surface area contributed by atoms with Gasteiger partial charge in [0.2, 0.25) is 0 Å². The molecule has 0 atom stereocenters. The molecule has 0 amide bonds. The first-order chi connectivity index (χ1) is 7.27. The lowest BCUT2D eigenvalue weighted by Gasteiger charge is -2.12. The third-order valence-electron chi connectivity index (χ3n) is 1.94. The number of hydrogen-bond donors (Lipinski definition) is 2. The molecule has 0 aliphatic rings. The van der Waals surface area contributed by atoms with E-state index >= 15 is 0 Å². The molecule has 0 aliphatic carbocycles. The minimum absolute atomic E-state index is 0.164. The summed E-state index contributed by atoms with van der Waals surface area (Å²) in [6, 6.07) is 4.17. The van der Waals surface area contributed by atoms with E-state index < -0.39 is 0 Å². The van der Waals surface area contributed by atoms with Gasteiger partial charge in [0.25, 0.3) is 0 Å². The zero-order valence-electron chi connectivity index (χ0n) is 7.84. The first-order valence-electron chi connectivity index (χ1n) is 4.32. The van der Waals surface area contributed by atoms with E-state index in [9.17, 15) is 0 Å². The van der Waals surface area contributed by atoms with E-state index in [1.165, 1.54) is 22.9 Å². The summed E-state index contributed by atoms with van der Waals surface area (Å²) in [7, 11) is 0. The number of hydrogen-bond acceptors (Lipinski definition) is 4. The summed E-state index contributed by atoms with van der Waals surface area (Å²) in [5, 5.41) is 16.0. The summed E-state index contributed by atoms with van der Waals surface area (Å²) >= 11 is 4.73. The largest absolute Gasteiger partial charge is 0.379 e. The van der Waals surface area contributed by atoms with Gasteiger partial charge in [0.05, 0.1) is 5.25 Å². The van der Waals surface area contributed by atoms with Gasteiger partial charge in [0, 0.05) is 0 Å². The van der Waals surface area contributed by atoms with Crippen LogP contribution in [0.25, 0.3) is 0 Å². The van der Waals surface area contributed by atoms with Crippen molar-refractivity contribution in [3.05, 3.63) is 44.8 Å². The van der Waals surface area contributed by atoms with E-state index in [0.717, 1.165) is 0 Å². The Hall–Kier alpha value is -0.780. The second-order valence-corrected chi connectivity index (χ2v) is 5.68. The smallest absolute Gasteiger partial charge is 0.151 e. The number of thiophene rings is 2. The fraction of sp³-hybridized carbons (Fsp3) is 0.100. The summed E-state index contributed by atoms with van der Waals surface area (Å²) in [5.74, 6) is 0. The Morgan fingerprint density at radius 2 is 1.73 bits per heavy atom. The van der Waals surface area contributed by atoms with Crippen LogP contribution < -0.4 is 5.73 Å². The Labute approximate surface area is 101 Å². The van der Waals surface area contributed by atoms with Gasteiger partial charge < -0.3 is 5.73 Å². The summed E-state index contributed by atoms with van der Waals surface area (Å²) in [5.41, 5.74) is 7.90. The van der Waals surface area contributed by atoms with Crippen molar-refractivity contribution in [3.8, 4) is 0 Å². The van der Waals surface area contributed by atoms with Crippen molar-refractivity contribution in [3.63, 3.8) is 0 Å². The van der Waals surface area contributed by atoms with Crippen LogP contribution >= 0.6 is 34.4 Å². The van der Waals surface area contributed by atoms with Gasteiger partial charge in [-0.25, -0.2) is 0 Å². The molecular formula is C10H10N2S3. The molecule has 5 heteroatoms. The highest BCUT2D eigenvalue weighted by Crippen LogP contribution is 2.37. The van der Waals surface area contributed by atoms with Crippen molar-refractivity contribution in [1.82, 2.24) is 0 Å². The molecule has 0 fully saturated rings. The van der Waals surface area contributed by atoms with E-state index in [2.05, 4.69) is 33.7 Å². The van der Waals surface area contributed by atoms with Crippen LogP contribution in [0, 0.1) is 5.41 Å². The molecule has 15 heavy (non-hydrogen) atoms. The second-order valence-electron chi connectivity index (χ2n) is 2.98. The van der Waals surface area contributed by atoms with Gasteiger partial charge in [0.1, 0.15) is 0 Å². The van der Waals surface area contributed by atoms with Crippen LogP contribution in [-0.4, -0.2) is 5.17 Å². The minimum atomic E-state index is 0.164. The van der Waals surface area contributed by atoms with Crippen molar-refractivity contribution in [1.29, 1.82) is 5.41 Å². The average molecular weight is 254 g/mol. The van der Waals surface area contributed by atoms with Gasteiger partial charge in [-0.05, 0) is 44.8 Å². The summed E-state index contributed by atoms with van der Waals surface area (Å²) in [4.78, 5) is 0. The quantitative estimate of drug-likeness (QED) is 0.650. The lowest BCUT2D eigenvalue weighted by Crippen LogP contribution is -2.07. The summed E-state index contributed by atoms with van der Waals surface area (Å²) in [6.45, 7) is 0. The lowest BCUT2D eigenvalue weighted by atomic mass is 10.1. The molecule has 0 bridgehead atoms. The van der Waals surface area contributed by atoms with E-state index in [1.54, 1.807) is 22.7 Å². The molecule has 2 rings (SSSR count). The standard InChI is InChI=1S/C10H10N2S3/c11-10(12)15-9(7-1-3-13-5-7)8-2-4-14-6-8/h1-6,9H,(H3,11,12). The molecule has 2 heterocycles. The monoisotopic (exact) mass is 254 g/mol. The number of thioether (sulfide) groups is 1. The Morgan fingerprint density at radius 1 is 1.20 bits per heavy atom. The van der Waals surface area contributed by atoms with E-state index in [0.29, 0.717) is 0 Å². The number of rotatable bonds is 3. The molecule has 0 spiro atoms. The SMILES string of the molecule is N=C(N)SC(c1ccsc1)c1ccsc1. The van der Waals surface area contributed by atoms with Gasteiger partial charge in [-0.3, -0.25) is 5.41 Å². The van der Waals surface area contributed by atoms with Crippen molar-refractivity contribution < 1.29 is 0 Å². The molecular weight excluding hydrogens is 244 g/mol. The third kappa shape index (κ3) is 2.62. The third-order valence-corrected chi connectivity index (χ3v) is 4.37. The molecule has 0 saturated carbocycles. The highest BCUT2D eigenvalue weighted by atomic mass is 32.2. The molecule has 0 unspecified atom stereocenters. The van der Waals surface area contributed by atoms with Gasteiger partial charge in [0.15, 0.2) is 5.17 Å². The zero-order valence-corrected chi connectivity index (χ0v) is 10.3. The zero-order chi connectivity index (χ0) is 10.7. The summed E-state index contributed by atoms with van der Waals surface area (Å²) < 4.78 is 0. The Morgan fingerprint density at radius 3 is 2.07 bits per heavy atom. The minimum Gasteiger partial charge on any atom is -0.379 e. The highest BCUT2D eigenvalue weighted by molar-refractivity contribution is 8.14. The number of nitrogens with two attached hydrogens (primary N) is 1. The Kier molecular flexibility index (Phi) is 3.45. The predicted molar refractivity (Wildman–Crippen MR) is 70.0 cm³/mol. The van der Waals surface area contributed by atoms with Crippen molar-refractivity contribution in [2.45, 2.75) is 5.25 Å². The van der Waals surface area contributed by atoms with Gasteiger partial charge in [-0.2, -0.15) is 22.7 Å². The maximum Gasteiger partial charge on any atom is 0.151 e. The second kappa shape index (κ2) is 4.83. The first-order valence-corrected chi connectivity index (χ1v) is 7.09. The summed E-state index contributed by atoms with van der Waals surface area (Å²) in [6.07, 6.45) is 0. The maximum atomic E-state index is 7.38. The molecule has 0 saturated heterocycles. The van der Waals surface area contributed by atoms with Crippen LogP contribution in [0.15, 0.2) is 33.7 Å². The maximum absolute atomic E-state index is 7.38. The molecule has 0 aliphatic heterocycles. The van der Waals surface area contributed by atoms with Crippen LogP contribution in [-0.2, 0) is 0 Å². The van der Waals surface area contributed by atoms with Crippen LogP contribution in [0.3, 0.4) is 0 Å². The van der Waals surface area contributed by atoms with E-state index in [4.69, 9.17) is 11.1 Å². The predicted octanol–water partition coefficient (Wildman–Crippen LogP) is 3.53. The number of amidine groups is 1. The number of nitrogens with one attached hydrogen (secondary N) is 1.